The van der Waals surface area contributed by atoms with Crippen LogP contribution in [0.1, 0.15) is 5.56 Å². The molecule has 4 rings (SSSR count). The minimum Gasteiger partial charge on any atom is -0.454 e. The molecule has 2 aromatic rings. The normalized spacial score (nSPS) is 17.1. The molecular weight excluding hydrogens is 460 g/mol. The van der Waals surface area contributed by atoms with Crippen LogP contribution in [0.15, 0.2) is 57.9 Å². The Morgan fingerprint density at radius 1 is 1.00 bits per heavy atom. The molecule has 2 aromatic carbocycles. The van der Waals surface area contributed by atoms with Crippen molar-refractivity contribution in [2.45, 2.75) is 4.90 Å². The molecule has 1 saturated heterocycles. The number of carbonyl (C=O) groups is 1. The molecule has 0 N–H and O–H groups in total. The number of hydrogen-bond donors (Lipinski definition) is 0. The summed E-state index contributed by atoms with van der Waals surface area (Å²) >= 11 is 3.30. The van der Waals surface area contributed by atoms with Gasteiger partial charge in [-0.2, -0.15) is 4.31 Å². The van der Waals surface area contributed by atoms with Gasteiger partial charge in [0.2, 0.25) is 22.7 Å². The number of amides is 1. The van der Waals surface area contributed by atoms with Gasteiger partial charge in [0, 0.05) is 36.7 Å². The van der Waals surface area contributed by atoms with Gasteiger partial charge in [0.05, 0.1) is 4.90 Å². The van der Waals surface area contributed by atoms with E-state index in [-0.39, 0.29) is 30.7 Å². The molecule has 29 heavy (non-hydrogen) atoms. The van der Waals surface area contributed by atoms with Crippen molar-refractivity contribution in [3.05, 3.63) is 58.6 Å². The highest BCUT2D eigenvalue weighted by molar-refractivity contribution is 9.10. The van der Waals surface area contributed by atoms with Crippen LogP contribution in [0.5, 0.6) is 11.5 Å². The van der Waals surface area contributed by atoms with Crippen LogP contribution in [-0.4, -0.2) is 56.5 Å². The van der Waals surface area contributed by atoms with Crippen LogP contribution in [0, 0.1) is 0 Å². The van der Waals surface area contributed by atoms with Crippen LogP contribution in [-0.2, 0) is 14.8 Å². The molecule has 1 fully saturated rings. The molecule has 152 valence electrons. The van der Waals surface area contributed by atoms with Crippen LogP contribution in [0.2, 0.25) is 0 Å². The highest BCUT2D eigenvalue weighted by Crippen LogP contribution is 2.32. The third-order valence-corrected chi connectivity index (χ3v) is 7.73. The molecule has 2 aliphatic heterocycles. The molecule has 0 aliphatic carbocycles. The maximum absolute atomic E-state index is 12.8. The van der Waals surface area contributed by atoms with Crippen molar-refractivity contribution in [2.75, 3.05) is 33.0 Å². The van der Waals surface area contributed by atoms with Gasteiger partial charge in [-0.05, 0) is 51.8 Å². The largest absolute Gasteiger partial charge is 0.454 e. The van der Waals surface area contributed by atoms with Gasteiger partial charge >= 0.3 is 0 Å². The van der Waals surface area contributed by atoms with E-state index in [1.807, 2.05) is 12.1 Å². The number of halogens is 1. The average molecular weight is 479 g/mol. The first-order valence-electron chi connectivity index (χ1n) is 9.06. The average Bonchev–Trinajstić information content (AvgIpc) is 3.20. The quantitative estimate of drug-likeness (QED) is 0.631. The Kier molecular flexibility index (Phi) is 5.62. The molecule has 0 unspecified atom stereocenters. The fraction of sp³-hybridized carbons (Fsp3) is 0.250. The summed E-state index contributed by atoms with van der Waals surface area (Å²) in [6.07, 6.45) is 3.21. The Labute approximate surface area is 177 Å². The van der Waals surface area contributed by atoms with Crippen LogP contribution >= 0.6 is 15.9 Å². The number of ether oxygens (including phenoxy) is 2. The molecule has 9 heteroatoms. The summed E-state index contributed by atoms with van der Waals surface area (Å²) in [6.45, 7) is 1.40. The van der Waals surface area contributed by atoms with Crippen molar-refractivity contribution < 1.29 is 22.7 Å². The molecule has 0 aromatic heterocycles. The molecular formula is C20H19BrN2O5S. The molecule has 1 amide bonds. The summed E-state index contributed by atoms with van der Waals surface area (Å²) in [6, 6.07) is 12.2. The predicted molar refractivity (Wildman–Crippen MR) is 111 cm³/mol. The van der Waals surface area contributed by atoms with E-state index in [1.165, 1.54) is 10.4 Å². The summed E-state index contributed by atoms with van der Waals surface area (Å²) in [5.41, 5.74) is 0.831. The van der Waals surface area contributed by atoms with Crippen LogP contribution in [0.25, 0.3) is 6.08 Å². The van der Waals surface area contributed by atoms with Crippen molar-refractivity contribution in [2.24, 2.45) is 0 Å². The molecule has 2 heterocycles. The number of piperazine rings is 1. The van der Waals surface area contributed by atoms with Crippen molar-refractivity contribution in [3.63, 3.8) is 0 Å². The van der Waals surface area contributed by atoms with E-state index in [0.717, 1.165) is 5.56 Å². The van der Waals surface area contributed by atoms with Crippen molar-refractivity contribution in [1.82, 2.24) is 9.21 Å². The fourth-order valence-corrected chi connectivity index (χ4v) is 5.62. The monoisotopic (exact) mass is 478 g/mol. The number of hydrogen-bond acceptors (Lipinski definition) is 5. The Morgan fingerprint density at radius 3 is 2.48 bits per heavy atom. The van der Waals surface area contributed by atoms with Gasteiger partial charge in [-0.3, -0.25) is 4.79 Å². The summed E-state index contributed by atoms with van der Waals surface area (Å²) in [5, 5.41) is 0. The molecule has 0 radical (unpaired) electrons. The lowest BCUT2D eigenvalue weighted by Gasteiger charge is -2.33. The zero-order chi connectivity index (χ0) is 20.4. The predicted octanol–water partition coefficient (Wildman–Crippen LogP) is 2.72. The fourth-order valence-electron chi connectivity index (χ4n) is 3.23. The SMILES string of the molecule is O=C(C=Cc1ccc2c(c1)OCO2)N1CCN(S(=O)(=O)c2ccccc2Br)CC1. The maximum atomic E-state index is 12.8. The van der Waals surface area contributed by atoms with Crippen LogP contribution < -0.4 is 9.47 Å². The minimum atomic E-state index is -3.60. The first-order chi connectivity index (χ1) is 13.9. The number of fused-ring (bicyclic) bond motifs is 1. The topological polar surface area (TPSA) is 76.2 Å². The molecule has 0 atom stereocenters. The van der Waals surface area contributed by atoms with Crippen molar-refractivity contribution in [3.8, 4) is 11.5 Å². The van der Waals surface area contributed by atoms with Gasteiger partial charge in [0.15, 0.2) is 11.5 Å². The van der Waals surface area contributed by atoms with E-state index in [4.69, 9.17) is 9.47 Å². The van der Waals surface area contributed by atoms with Gasteiger partial charge in [-0.25, -0.2) is 8.42 Å². The lowest BCUT2D eigenvalue weighted by Crippen LogP contribution is -2.50. The second kappa shape index (κ2) is 8.17. The second-order valence-corrected chi connectivity index (χ2v) is 9.37. The standard InChI is InChI=1S/C20H19BrN2O5S/c21-16-3-1-2-4-19(16)29(25,26)23-11-9-22(10-12-23)20(24)8-6-15-5-7-17-18(13-15)28-14-27-17/h1-8,13H,9-12,14H2. The number of benzene rings is 2. The third kappa shape index (κ3) is 4.17. The van der Waals surface area contributed by atoms with Crippen LogP contribution in [0.3, 0.4) is 0 Å². The van der Waals surface area contributed by atoms with Gasteiger partial charge in [-0.15, -0.1) is 0 Å². The van der Waals surface area contributed by atoms with E-state index in [2.05, 4.69) is 15.9 Å². The first-order valence-corrected chi connectivity index (χ1v) is 11.3. The minimum absolute atomic E-state index is 0.152. The number of rotatable bonds is 4. The van der Waals surface area contributed by atoms with Gasteiger partial charge in [-0.1, -0.05) is 18.2 Å². The Morgan fingerprint density at radius 2 is 1.72 bits per heavy atom. The molecule has 2 aliphatic rings. The van der Waals surface area contributed by atoms with E-state index < -0.39 is 10.0 Å². The summed E-state index contributed by atoms with van der Waals surface area (Å²) in [4.78, 5) is 14.4. The van der Waals surface area contributed by atoms with E-state index in [1.54, 1.807) is 41.3 Å². The Balaban J connectivity index is 1.38. The van der Waals surface area contributed by atoms with Gasteiger partial charge < -0.3 is 14.4 Å². The van der Waals surface area contributed by atoms with Crippen LogP contribution in [0.4, 0.5) is 0 Å². The number of nitrogens with zero attached hydrogens (tertiary/aromatic N) is 2. The van der Waals surface area contributed by atoms with Crippen molar-refractivity contribution >= 4 is 37.9 Å². The summed E-state index contributed by atoms with van der Waals surface area (Å²) in [5.74, 6) is 1.20. The second-order valence-electron chi connectivity index (χ2n) is 6.61. The van der Waals surface area contributed by atoms with E-state index in [9.17, 15) is 13.2 Å². The summed E-state index contributed by atoms with van der Waals surface area (Å²) < 4.78 is 38.2. The Hall–Kier alpha value is -2.36. The molecule has 7 nitrogen and oxygen atoms in total. The number of carbonyl (C=O) groups excluding carboxylic acids is 1. The molecule has 0 spiro atoms. The lowest BCUT2D eigenvalue weighted by molar-refractivity contribution is -0.127. The Bertz CT molecular complexity index is 1060. The van der Waals surface area contributed by atoms with E-state index >= 15 is 0 Å². The maximum Gasteiger partial charge on any atom is 0.246 e. The third-order valence-electron chi connectivity index (χ3n) is 4.82. The molecule has 0 bridgehead atoms. The highest BCUT2D eigenvalue weighted by Gasteiger charge is 2.30. The van der Waals surface area contributed by atoms with Crippen molar-refractivity contribution in [1.29, 1.82) is 0 Å². The highest BCUT2D eigenvalue weighted by atomic mass is 79.9. The zero-order valence-electron chi connectivity index (χ0n) is 15.5. The lowest BCUT2D eigenvalue weighted by atomic mass is 10.2. The molecule has 0 saturated carbocycles. The first kappa shape index (κ1) is 19.9. The smallest absolute Gasteiger partial charge is 0.246 e. The zero-order valence-corrected chi connectivity index (χ0v) is 17.9. The number of sulfonamides is 1. The van der Waals surface area contributed by atoms with E-state index in [0.29, 0.717) is 29.1 Å². The van der Waals surface area contributed by atoms with Gasteiger partial charge in [0.25, 0.3) is 0 Å². The summed E-state index contributed by atoms with van der Waals surface area (Å²) in [7, 11) is -3.60. The van der Waals surface area contributed by atoms with Gasteiger partial charge in [0.1, 0.15) is 0 Å².